The van der Waals surface area contributed by atoms with Gasteiger partial charge in [-0.15, -0.1) is 0 Å². The molecule has 2 amide bonds. The minimum Gasteiger partial charge on any atom is -0.355 e. The van der Waals surface area contributed by atoms with E-state index in [0.717, 1.165) is 70.5 Å². The molecule has 0 radical (unpaired) electrons. The van der Waals surface area contributed by atoms with Crippen LogP contribution in [0.25, 0.3) is 0 Å². The lowest BCUT2D eigenvalue weighted by molar-refractivity contribution is -0.134. The molecular formula is C20H32N6O2. The van der Waals surface area contributed by atoms with E-state index in [0.29, 0.717) is 30.8 Å². The summed E-state index contributed by atoms with van der Waals surface area (Å²) in [6.45, 7) is 4.28. The Kier molecular flexibility index (Phi) is 5.94. The lowest BCUT2D eigenvalue weighted by atomic mass is 9.93. The van der Waals surface area contributed by atoms with Gasteiger partial charge in [0.25, 0.3) is 0 Å². The number of rotatable bonds is 6. The maximum absolute atomic E-state index is 12.6. The predicted octanol–water partition coefficient (Wildman–Crippen LogP) is 0.587. The first-order valence-electron chi connectivity index (χ1n) is 10.7. The summed E-state index contributed by atoms with van der Waals surface area (Å²) in [5.74, 6) is 1.81. The van der Waals surface area contributed by atoms with Gasteiger partial charge in [0.2, 0.25) is 11.8 Å². The van der Waals surface area contributed by atoms with Crippen molar-refractivity contribution in [1.29, 1.82) is 0 Å². The third-order valence-electron chi connectivity index (χ3n) is 6.50. The number of aryl methyl sites for hydroxylation is 1. The minimum atomic E-state index is 0.0689. The van der Waals surface area contributed by atoms with Gasteiger partial charge in [0.15, 0.2) is 0 Å². The second-order valence-corrected chi connectivity index (χ2v) is 8.51. The van der Waals surface area contributed by atoms with E-state index in [1.807, 2.05) is 7.05 Å². The van der Waals surface area contributed by atoms with Crippen LogP contribution in [0.15, 0.2) is 6.33 Å². The first kappa shape index (κ1) is 19.4. The summed E-state index contributed by atoms with van der Waals surface area (Å²) in [6, 6.07) is 0.512. The summed E-state index contributed by atoms with van der Waals surface area (Å²) >= 11 is 0. The average Bonchev–Trinajstić information content (AvgIpc) is 3.50. The van der Waals surface area contributed by atoms with Gasteiger partial charge >= 0.3 is 0 Å². The van der Waals surface area contributed by atoms with Gasteiger partial charge in [-0.3, -0.25) is 19.2 Å². The Morgan fingerprint density at radius 1 is 1.11 bits per heavy atom. The topological polar surface area (TPSA) is 83.4 Å². The lowest BCUT2D eigenvalue weighted by Gasteiger charge is -2.42. The van der Waals surface area contributed by atoms with Crippen molar-refractivity contribution in [1.82, 2.24) is 29.9 Å². The predicted molar refractivity (Wildman–Crippen MR) is 104 cm³/mol. The molecule has 8 heteroatoms. The first-order chi connectivity index (χ1) is 13.6. The van der Waals surface area contributed by atoms with Gasteiger partial charge in [0.05, 0.1) is 5.92 Å². The van der Waals surface area contributed by atoms with Gasteiger partial charge in [-0.2, -0.15) is 5.10 Å². The molecule has 2 aliphatic heterocycles. The number of piperidine rings is 2. The summed E-state index contributed by atoms with van der Waals surface area (Å²) < 4.78 is 1.74. The van der Waals surface area contributed by atoms with Crippen molar-refractivity contribution in [2.24, 2.45) is 18.9 Å². The monoisotopic (exact) mass is 388 g/mol. The van der Waals surface area contributed by atoms with Gasteiger partial charge < -0.3 is 10.2 Å². The number of likely N-dealkylation sites (tertiary alicyclic amines) is 2. The molecule has 1 atom stereocenters. The molecule has 1 saturated carbocycles. The molecule has 0 spiro atoms. The molecule has 0 unspecified atom stereocenters. The maximum Gasteiger partial charge on any atom is 0.225 e. The first-order valence-corrected chi connectivity index (χ1v) is 10.7. The van der Waals surface area contributed by atoms with E-state index in [1.165, 1.54) is 0 Å². The van der Waals surface area contributed by atoms with Crippen LogP contribution in [0, 0.1) is 11.8 Å². The molecule has 2 saturated heterocycles. The molecule has 8 nitrogen and oxygen atoms in total. The Morgan fingerprint density at radius 2 is 1.89 bits per heavy atom. The fourth-order valence-electron chi connectivity index (χ4n) is 4.58. The zero-order valence-electron chi connectivity index (χ0n) is 16.8. The number of nitrogens with zero attached hydrogens (tertiary/aromatic N) is 5. The smallest absolute Gasteiger partial charge is 0.225 e. The summed E-state index contributed by atoms with van der Waals surface area (Å²) in [5.41, 5.74) is 0. The molecule has 28 heavy (non-hydrogen) atoms. The van der Waals surface area contributed by atoms with Crippen LogP contribution >= 0.6 is 0 Å². The van der Waals surface area contributed by atoms with E-state index in [9.17, 15) is 9.59 Å². The SMILES string of the molecule is Cn1ncnc1CCNC(=O)[C@@H]1CCCN(C2CCN(C(=O)C3CC3)CC2)C1. The molecule has 0 bridgehead atoms. The van der Waals surface area contributed by atoms with E-state index in [-0.39, 0.29) is 11.8 Å². The fourth-order valence-corrected chi connectivity index (χ4v) is 4.58. The third kappa shape index (κ3) is 4.54. The quantitative estimate of drug-likeness (QED) is 0.771. The fraction of sp³-hybridized carbons (Fsp3) is 0.800. The molecule has 1 aliphatic carbocycles. The van der Waals surface area contributed by atoms with Gasteiger partial charge in [-0.05, 0) is 45.1 Å². The average molecular weight is 389 g/mol. The van der Waals surface area contributed by atoms with Crippen LogP contribution in [0.5, 0.6) is 0 Å². The van der Waals surface area contributed by atoms with E-state index in [4.69, 9.17) is 0 Å². The summed E-state index contributed by atoms with van der Waals surface area (Å²) in [4.78, 5) is 33.6. The number of carbonyl (C=O) groups is 2. The Hall–Kier alpha value is -1.96. The van der Waals surface area contributed by atoms with E-state index in [2.05, 4.69) is 25.2 Å². The highest BCUT2D eigenvalue weighted by molar-refractivity contribution is 5.81. The number of amides is 2. The normalized spacial score (nSPS) is 24.3. The highest BCUT2D eigenvalue weighted by Crippen LogP contribution is 2.32. The van der Waals surface area contributed by atoms with E-state index < -0.39 is 0 Å². The van der Waals surface area contributed by atoms with Crippen molar-refractivity contribution in [2.45, 2.75) is 51.0 Å². The van der Waals surface area contributed by atoms with Crippen LogP contribution in [-0.2, 0) is 23.1 Å². The summed E-state index contributed by atoms with van der Waals surface area (Å²) in [7, 11) is 1.87. The molecule has 1 aromatic heterocycles. The number of nitrogens with one attached hydrogen (secondary N) is 1. The van der Waals surface area contributed by atoms with Crippen LogP contribution in [0.3, 0.4) is 0 Å². The summed E-state index contributed by atoms with van der Waals surface area (Å²) in [6.07, 6.45) is 8.52. The Labute approximate surface area is 166 Å². The second-order valence-electron chi connectivity index (χ2n) is 8.51. The number of aromatic nitrogens is 3. The number of hydrogen-bond donors (Lipinski definition) is 1. The minimum absolute atomic E-state index is 0.0689. The molecule has 0 aromatic carbocycles. The van der Waals surface area contributed by atoms with Crippen molar-refractivity contribution in [3.05, 3.63) is 12.2 Å². The Balaban J connectivity index is 1.21. The van der Waals surface area contributed by atoms with Crippen molar-refractivity contribution in [2.75, 3.05) is 32.7 Å². The molecule has 4 rings (SSSR count). The Morgan fingerprint density at radius 3 is 2.57 bits per heavy atom. The highest BCUT2D eigenvalue weighted by atomic mass is 16.2. The van der Waals surface area contributed by atoms with Gasteiger partial charge in [-0.25, -0.2) is 4.98 Å². The standard InChI is InChI=1S/C20H32N6O2/c1-24-18(22-14-23-24)6-9-21-19(27)16-3-2-10-26(13-16)17-7-11-25(12-8-17)20(28)15-4-5-15/h14-17H,2-13H2,1H3,(H,21,27)/t16-/m1/s1. The van der Waals surface area contributed by atoms with Crippen molar-refractivity contribution >= 4 is 11.8 Å². The van der Waals surface area contributed by atoms with Crippen LogP contribution in [0.4, 0.5) is 0 Å². The largest absolute Gasteiger partial charge is 0.355 e. The second kappa shape index (κ2) is 8.59. The van der Waals surface area contributed by atoms with Crippen LogP contribution in [0.2, 0.25) is 0 Å². The lowest BCUT2D eigenvalue weighted by Crippen LogP contribution is -2.51. The van der Waals surface area contributed by atoms with E-state index >= 15 is 0 Å². The van der Waals surface area contributed by atoms with Crippen LogP contribution in [-0.4, -0.2) is 75.1 Å². The molecule has 3 heterocycles. The maximum atomic E-state index is 12.6. The molecule has 154 valence electrons. The molecule has 3 aliphatic rings. The van der Waals surface area contributed by atoms with Crippen molar-refractivity contribution < 1.29 is 9.59 Å². The zero-order valence-corrected chi connectivity index (χ0v) is 16.8. The summed E-state index contributed by atoms with van der Waals surface area (Å²) in [5, 5.41) is 7.14. The molecule has 3 fully saturated rings. The Bertz CT molecular complexity index is 693. The zero-order chi connectivity index (χ0) is 19.5. The van der Waals surface area contributed by atoms with Gasteiger partial charge in [-0.1, -0.05) is 0 Å². The molecular weight excluding hydrogens is 356 g/mol. The van der Waals surface area contributed by atoms with Crippen molar-refractivity contribution in [3.63, 3.8) is 0 Å². The van der Waals surface area contributed by atoms with Crippen LogP contribution < -0.4 is 5.32 Å². The van der Waals surface area contributed by atoms with Crippen molar-refractivity contribution in [3.8, 4) is 0 Å². The highest BCUT2D eigenvalue weighted by Gasteiger charge is 2.37. The number of hydrogen-bond acceptors (Lipinski definition) is 5. The number of carbonyl (C=O) groups excluding carboxylic acids is 2. The van der Waals surface area contributed by atoms with Gasteiger partial charge in [0.1, 0.15) is 12.2 Å². The van der Waals surface area contributed by atoms with Gasteiger partial charge in [0, 0.05) is 51.6 Å². The van der Waals surface area contributed by atoms with E-state index in [1.54, 1.807) is 11.0 Å². The molecule has 1 aromatic rings. The third-order valence-corrected chi connectivity index (χ3v) is 6.50. The van der Waals surface area contributed by atoms with Crippen LogP contribution in [0.1, 0.15) is 44.3 Å². The molecule has 1 N–H and O–H groups in total.